The molecule has 1 aromatic carbocycles. The number of imide groups is 1. The molecule has 9 nitrogen and oxygen atoms in total. The van der Waals surface area contributed by atoms with Gasteiger partial charge in [-0.15, -0.1) is 0 Å². The summed E-state index contributed by atoms with van der Waals surface area (Å²) < 4.78 is 10.1. The van der Waals surface area contributed by atoms with E-state index in [0.29, 0.717) is 16.7 Å². The Bertz CT molecular complexity index is 857. The van der Waals surface area contributed by atoms with Crippen LogP contribution in [0, 0.1) is 0 Å². The third-order valence-corrected chi connectivity index (χ3v) is 4.13. The van der Waals surface area contributed by atoms with Crippen molar-refractivity contribution in [2.45, 2.75) is 51.8 Å². The average Bonchev–Trinajstić information content (AvgIpc) is 2.65. The Kier molecular flexibility index (Phi) is 7.57. The van der Waals surface area contributed by atoms with Crippen LogP contribution in [-0.4, -0.2) is 42.6 Å². The fraction of sp³-hybridized carbons (Fsp3) is 0.429. The van der Waals surface area contributed by atoms with E-state index >= 15 is 0 Å². The molecule has 2 rings (SSSR count). The van der Waals surface area contributed by atoms with Gasteiger partial charge in [-0.3, -0.25) is 19.7 Å². The summed E-state index contributed by atoms with van der Waals surface area (Å²) >= 11 is 0. The van der Waals surface area contributed by atoms with E-state index in [9.17, 15) is 19.2 Å². The fourth-order valence-electron chi connectivity index (χ4n) is 2.75. The molecule has 3 N–H and O–H groups in total. The second kappa shape index (κ2) is 9.91. The van der Waals surface area contributed by atoms with Crippen LogP contribution in [0.5, 0.6) is 0 Å². The van der Waals surface area contributed by atoms with Gasteiger partial charge < -0.3 is 20.1 Å². The number of benzene rings is 1. The normalized spacial score (nSPS) is 16.7. The number of methoxy groups -OCH3 is 1. The van der Waals surface area contributed by atoms with E-state index in [1.54, 1.807) is 45.0 Å². The first-order valence-corrected chi connectivity index (χ1v) is 9.52. The van der Waals surface area contributed by atoms with Gasteiger partial charge in [0.15, 0.2) is 0 Å². The highest BCUT2D eigenvalue weighted by molar-refractivity contribution is 6.04. The van der Waals surface area contributed by atoms with Gasteiger partial charge in [-0.2, -0.15) is 0 Å². The number of nitrogens with one attached hydrogen (secondary N) is 3. The standard InChI is InChI=1S/C21H27N3O6/c1-21(2,3)30-20(28)22-12-13-5-6-14(9-10-29-4)15(11-13)18(26)23-16-7-8-17(25)24-19(16)27/h5-6,9-11,16H,7-8,12H2,1-4H3,(H,22,28)(H,23,26)(H,24,25,27)/b10-9+. The van der Waals surface area contributed by atoms with E-state index in [1.807, 2.05) is 0 Å². The van der Waals surface area contributed by atoms with E-state index in [0.717, 1.165) is 0 Å². The second-order valence-corrected chi connectivity index (χ2v) is 7.79. The van der Waals surface area contributed by atoms with Crippen LogP contribution >= 0.6 is 0 Å². The van der Waals surface area contributed by atoms with Crippen molar-refractivity contribution in [3.8, 4) is 0 Å². The minimum atomic E-state index is -0.794. The Morgan fingerprint density at radius 1 is 1.27 bits per heavy atom. The van der Waals surface area contributed by atoms with Crippen LogP contribution in [0.2, 0.25) is 0 Å². The van der Waals surface area contributed by atoms with Crippen molar-refractivity contribution < 1.29 is 28.7 Å². The number of ether oxygens (including phenoxy) is 2. The number of carbonyl (C=O) groups excluding carboxylic acids is 4. The summed E-state index contributed by atoms with van der Waals surface area (Å²) in [6, 6.07) is 4.29. The Morgan fingerprint density at radius 2 is 2.00 bits per heavy atom. The highest BCUT2D eigenvalue weighted by Gasteiger charge is 2.28. The molecule has 4 amide bonds. The summed E-state index contributed by atoms with van der Waals surface area (Å²) in [4.78, 5) is 47.9. The predicted molar refractivity (Wildman–Crippen MR) is 109 cm³/mol. The van der Waals surface area contributed by atoms with Gasteiger partial charge in [-0.1, -0.05) is 12.1 Å². The SMILES string of the molecule is CO/C=C/c1ccc(CNC(=O)OC(C)(C)C)cc1C(=O)NC1CCC(=O)NC1=O. The van der Waals surface area contributed by atoms with Gasteiger partial charge in [-0.05, 0) is 50.5 Å². The molecule has 0 spiro atoms. The van der Waals surface area contributed by atoms with Crippen LogP contribution in [0.25, 0.3) is 6.08 Å². The van der Waals surface area contributed by atoms with E-state index < -0.39 is 29.6 Å². The molecule has 0 aliphatic carbocycles. The van der Waals surface area contributed by atoms with Crippen molar-refractivity contribution in [3.05, 3.63) is 41.2 Å². The molecule has 0 saturated carbocycles. The monoisotopic (exact) mass is 417 g/mol. The lowest BCUT2D eigenvalue weighted by atomic mass is 10.0. The van der Waals surface area contributed by atoms with Gasteiger partial charge in [0.05, 0.1) is 13.4 Å². The quantitative estimate of drug-likeness (QED) is 0.480. The molecule has 9 heteroatoms. The molecule has 0 radical (unpaired) electrons. The largest absolute Gasteiger partial charge is 0.504 e. The van der Waals surface area contributed by atoms with Crippen molar-refractivity contribution >= 4 is 29.9 Å². The van der Waals surface area contributed by atoms with Crippen LogP contribution in [0.15, 0.2) is 24.5 Å². The summed E-state index contributed by atoms with van der Waals surface area (Å²) in [5, 5.41) is 7.51. The smallest absolute Gasteiger partial charge is 0.407 e. The van der Waals surface area contributed by atoms with E-state index in [2.05, 4.69) is 16.0 Å². The van der Waals surface area contributed by atoms with Gasteiger partial charge >= 0.3 is 6.09 Å². The Morgan fingerprint density at radius 3 is 2.63 bits per heavy atom. The zero-order valence-corrected chi connectivity index (χ0v) is 17.5. The maximum atomic E-state index is 12.8. The minimum Gasteiger partial charge on any atom is -0.504 e. The molecule has 1 saturated heterocycles. The van der Waals surface area contributed by atoms with Crippen LogP contribution < -0.4 is 16.0 Å². The number of amides is 4. The van der Waals surface area contributed by atoms with Crippen LogP contribution in [0.4, 0.5) is 4.79 Å². The number of rotatable bonds is 6. The molecule has 1 aliphatic heterocycles. The maximum Gasteiger partial charge on any atom is 0.407 e. The lowest BCUT2D eigenvalue weighted by molar-refractivity contribution is -0.134. The highest BCUT2D eigenvalue weighted by Crippen LogP contribution is 2.16. The molecular weight excluding hydrogens is 390 g/mol. The van der Waals surface area contributed by atoms with Gasteiger partial charge in [0.25, 0.3) is 5.91 Å². The molecule has 1 aliphatic rings. The second-order valence-electron chi connectivity index (χ2n) is 7.79. The zero-order chi connectivity index (χ0) is 22.3. The van der Waals surface area contributed by atoms with Crippen molar-refractivity contribution in [2.24, 2.45) is 0 Å². The summed E-state index contributed by atoms with van der Waals surface area (Å²) in [6.45, 7) is 5.45. The third-order valence-electron chi connectivity index (χ3n) is 4.13. The molecule has 1 heterocycles. The molecular formula is C21H27N3O6. The molecule has 0 aromatic heterocycles. The predicted octanol–water partition coefficient (Wildman–Crippen LogP) is 1.86. The van der Waals surface area contributed by atoms with Crippen molar-refractivity contribution in [1.29, 1.82) is 0 Å². The zero-order valence-electron chi connectivity index (χ0n) is 17.5. The maximum absolute atomic E-state index is 12.8. The molecule has 0 bridgehead atoms. The topological polar surface area (TPSA) is 123 Å². The van der Waals surface area contributed by atoms with E-state index in [-0.39, 0.29) is 25.3 Å². The summed E-state index contributed by atoms with van der Waals surface area (Å²) in [5.74, 6) is -1.36. The highest BCUT2D eigenvalue weighted by atomic mass is 16.6. The first-order valence-electron chi connectivity index (χ1n) is 9.52. The van der Waals surface area contributed by atoms with Crippen molar-refractivity contribution in [2.75, 3.05) is 7.11 Å². The third kappa shape index (κ3) is 6.91. The molecule has 30 heavy (non-hydrogen) atoms. The summed E-state index contributed by atoms with van der Waals surface area (Å²) in [5.41, 5.74) is 0.925. The Hall–Kier alpha value is -3.36. The van der Waals surface area contributed by atoms with Gasteiger partial charge in [-0.25, -0.2) is 4.79 Å². The van der Waals surface area contributed by atoms with Crippen LogP contribution in [0.1, 0.15) is 55.1 Å². The fourth-order valence-corrected chi connectivity index (χ4v) is 2.75. The van der Waals surface area contributed by atoms with Crippen molar-refractivity contribution in [1.82, 2.24) is 16.0 Å². The number of alkyl carbamates (subject to hydrolysis) is 1. The van der Waals surface area contributed by atoms with Crippen LogP contribution in [-0.2, 0) is 25.6 Å². The molecule has 1 unspecified atom stereocenters. The molecule has 1 aromatic rings. The summed E-state index contributed by atoms with van der Waals surface area (Å²) in [7, 11) is 1.48. The molecule has 1 atom stereocenters. The molecule has 1 fully saturated rings. The number of hydrogen-bond acceptors (Lipinski definition) is 6. The van der Waals surface area contributed by atoms with Gasteiger partial charge in [0.2, 0.25) is 11.8 Å². The number of piperidine rings is 1. The van der Waals surface area contributed by atoms with Gasteiger partial charge in [0.1, 0.15) is 11.6 Å². The Balaban J connectivity index is 2.16. The average molecular weight is 417 g/mol. The number of hydrogen-bond donors (Lipinski definition) is 3. The van der Waals surface area contributed by atoms with E-state index in [1.165, 1.54) is 13.4 Å². The lowest BCUT2D eigenvalue weighted by Gasteiger charge is -2.22. The first-order chi connectivity index (χ1) is 14.1. The Labute approximate surface area is 175 Å². The van der Waals surface area contributed by atoms with Crippen molar-refractivity contribution in [3.63, 3.8) is 0 Å². The first kappa shape index (κ1) is 22.9. The molecule has 162 valence electrons. The van der Waals surface area contributed by atoms with Gasteiger partial charge in [0, 0.05) is 18.5 Å². The number of carbonyl (C=O) groups is 4. The lowest BCUT2D eigenvalue weighted by Crippen LogP contribution is -2.52. The minimum absolute atomic E-state index is 0.155. The summed E-state index contributed by atoms with van der Waals surface area (Å²) in [6.07, 6.45) is 2.87. The van der Waals surface area contributed by atoms with E-state index in [4.69, 9.17) is 9.47 Å². The van der Waals surface area contributed by atoms with Crippen LogP contribution in [0.3, 0.4) is 0 Å².